The standard InChI is InChI=1S/C14H15NO2/c1-17-14(13-5-3-2-4-6-13)11-12-7-9-15(16)10-8-12/h2-10,14H,11H2,1H3. The highest BCUT2D eigenvalue weighted by atomic mass is 16.5. The van der Waals surface area contributed by atoms with Crippen LogP contribution in [0.25, 0.3) is 0 Å². The summed E-state index contributed by atoms with van der Waals surface area (Å²) >= 11 is 0. The van der Waals surface area contributed by atoms with Gasteiger partial charge >= 0.3 is 0 Å². The van der Waals surface area contributed by atoms with Crippen molar-refractivity contribution in [2.75, 3.05) is 7.11 Å². The van der Waals surface area contributed by atoms with Gasteiger partial charge in [-0.05, 0) is 11.1 Å². The lowest BCUT2D eigenvalue weighted by Crippen LogP contribution is -2.24. The van der Waals surface area contributed by atoms with E-state index in [9.17, 15) is 5.21 Å². The normalized spacial score (nSPS) is 12.3. The molecule has 3 heteroatoms. The second-order valence-corrected chi connectivity index (χ2v) is 3.91. The van der Waals surface area contributed by atoms with Gasteiger partial charge in [0.2, 0.25) is 0 Å². The maximum atomic E-state index is 10.9. The Labute approximate surface area is 101 Å². The number of methoxy groups -OCH3 is 1. The Morgan fingerprint density at radius 2 is 1.76 bits per heavy atom. The third-order valence-electron chi connectivity index (χ3n) is 2.75. The van der Waals surface area contributed by atoms with Gasteiger partial charge in [0.25, 0.3) is 0 Å². The lowest BCUT2D eigenvalue weighted by Gasteiger charge is -2.15. The SMILES string of the molecule is COC(Cc1cc[n+]([O-])cc1)c1ccccc1. The van der Waals surface area contributed by atoms with Gasteiger partial charge in [0, 0.05) is 25.7 Å². The first-order valence-electron chi connectivity index (χ1n) is 5.55. The first-order chi connectivity index (χ1) is 8.29. The summed E-state index contributed by atoms with van der Waals surface area (Å²) in [5.41, 5.74) is 2.24. The Morgan fingerprint density at radius 3 is 2.35 bits per heavy atom. The smallest absolute Gasteiger partial charge is 0.180 e. The summed E-state index contributed by atoms with van der Waals surface area (Å²) in [6.45, 7) is 0. The molecule has 1 heterocycles. The highest BCUT2D eigenvalue weighted by Gasteiger charge is 2.11. The van der Waals surface area contributed by atoms with Crippen LogP contribution >= 0.6 is 0 Å². The average molecular weight is 229 g/mol. The Morgan fingerprint density at radius 1 is 1.12 bits per heavy atom. The van der Waals surface area contributed by atoms with Crippen LogP contribution in [-0.4, -0.2) is 7.11 Å². The summed E-state index contributed by atoms with van der Waals surface area (Å²) < 4.78 is 6.27. The molecule has 2 aromatic rings. The average Bonchev–Trinajstić information content (AvgIpc) is 2.39. The van der Waals surface area contributed by atoms with Crippen molar-refractivity contribution in [1.82, 2.24) is 0 Å². The number of rotatable bonds is 4. The molecule has 0 N–H and O–H groups in total. The van der Waals surface area contributed by atoms with Crippen LogP contribution in [0.3, 0.4) is 0 Å². The molecule has 0 amide bonds. The summed E-state index contributed by atoms with van der Waals surface area (Å²) in [5, 5.41) is 10.9. The quantitative estimate of drug-likeness (QED) is 0.595. The Kier molecular flexibility index (Phi) is 3.73. The summed E-state index contributed by atoms with van der Waals surface area (Å²) in [5.74, 6) is 0. The lowest BCUT2D eigenvalue weighted by molar-refractivity contribution is -0.605. The van der Waals surface area contributed by atoms with Gasteiger partial charge < -0.3 is 9.94 Å². The van der Waals surface area contributed by atoms with Crippen molar-refractivity contribution in [2.24, 2.45) is 0 Å². The van der Waals surface area contributed by atoms with E-state index in [1.54, 1.807) is 7.11 Å². The molecule has 88 valence electrons. The molecule has 2 rings (SSSR count). The lowest BCUT2D eigenvalue weighted by atomic mass is 10.0. The van der Waals surface area contributed by atoms with Gasteiger partial charge in [0.05, 0.1) is 6.10 Å². The predicted molar refractivity (Wildman–Crippen MR) is 65.3 cm³/mol. The molecule has 1 aromatic heterocycles. The van der Waals surface area contributed by atoms with E-state index in [0.717, 1.165) is 22.3 Å². The van der Waals surface area contributed by atoms with Crippen LogP contribution in [0.5, 0.6) is 0 Å². The van der Waals surface area contributed by atoms with Crippen LogP contribution < -0.4 is 4.73 Å². The molecular formula is C14H15NO2. The van der Waals surface area contributed by atoms with Gasteiger partial charge in [-0.2, -0.15) is 4.73 Å². The molecule has 0 spiro atoms. The van der Waals surface area contributed by atoms with Gasteiger partial charge in [-0.25, -0.2) is 0 Å². The monoisotopic (exact) mass is 229 g/mol. The minimum Gasteiger partial charge on any atom is -0.619 e. The number of nitrogens with zero attached hydrogens (tertiary/aromatic N) is 1. The second-order valence-electron chi connectivity index (χ2n) is 3.91. The fourth-order valence-corrected chi connectivity index (χ4v) is 1.80. The number of aromatic nitrogens is 1. The fraction of sp³-hybridized carbons (Fsp3) is 0.214. The second kappa shape index (κ2) is 5.46. The van der Waals surface area contributed by atoms with E-state index in [2.05, 4.69) is 0 Å². The van der Waals surface area contributed by atoms with E-state index in [-0.39, 0.29) is 6.10 Å². The largest absolute Gasteiger partial charge is 0.619 e. The number of benzene rings is 1. The van der Waals surface area contributed by atoms with E-state index < -0.39 is 0 Å². The molecule has 0 aliphatic heterocycles. The molecule has 0 saturated carbocycles. The predicted octanol–water partition coefficient (Wildman–Crippen LogP) is 2.25. The van der Waals surface area contributed by atoms with Crippen LogP contribution in [-0.2, 0) is 11.2 Å². The van der Waals surface area contributed by atoms with Crippen molar-refractivity contribution in [1.29, 1.82) is 0 Å². The first-order valence-corrected chi connectivity index (χ1v) is 5.55. The Bertz CT molecular complexity index is 453. The first kappa shape index (κ1) is 11.6. The van der Waals surface area contributed by atoms with Crippen LogP contribution in [0.2, 0.25) is 0 Å². The molecule has 0 aliphatic rings. The molecule has 1 unspecified atom stereocenters. The molecule has 3 nitrogen and oxygen atoms in total. The van der Waals surface area contributed by atoms with E-state index in [0.29, 0.717) is 0 Å². The number of pyridine rings is 1. The summed E-state index contributed by atoms with van der Waals surface area (Å²) in [7, 11) is 1.70. The maximum absolute atomic E-state index is 10.9. The van der Waals surface area contributed by atoms with Gasteiger partial charge in [-0.1, -0.05) is 30.3 Å². The van der Waals surface area contributed by atoms with Crippen molar-refractivity contribution in [3.63, 3.8) is 0 Å². The molecule has 1 atom stereocenters. The molecule has 0 saturated heterocycles. The van der Waals surface area contributed by atoms with Gasteiger partial charge in [0.15, 0.2) is 12.4 Å². The highest BCUT2D eigenvalue weighted by Crippen LogP contribution is 2.20. The van der Waals surface area contributed by atoms with Crippen molar-refractivity contribution < 1.29 is 9.47 Å². The van der Waals surface area contributed by atoms with Crippen molar-refractivity contribution in [3.05, 3.63) is 71.2 Å². The van der Waals surface area contributed by atoms with E-state index in [1.165, 1.54) is 12.4 Å². The van der Waals surface area contributed by atoms with Crippen molar-refractivity contribution >= 4 is 0 Å². The zero-order valence-electron chi connectivity index (χ0n) is 9.74. The summed E-state index contributed by atoms with van der Waals surface area (Å²) in [6, 6.07) is 13.7. The summed E-state index contributed by atoms with van der Waals surface area (Å²) in [4.78, 5) is 0. The molecule has 0 bridgehead atoms. The topological polar surface area (TPSA) is 36.2 Å². The maximum Gasteiger partial charge on any atom is 0.180 e. The number of ether oxygens (including phenoxy) is 1. The van der Waals surface area contributed by atoms with Crippen LogP contribution in [0.15, 0.2) is 54.9 Å². The zero-order chi connectivity index (χ0) is 12.1. The molecule has 0 fully saturated rings. The Balaban J connectivity index is 2.13. The van der Waals surface area contributed by atoms with E-state index in [4.69, 9.17) is 4.74 Å². The molecule has 0 aliphatic carbocycles. The Hall–Kier alpha value is -1.87. The highest BCUT2D eigenvalue weighted by molar-refractivity contribution is 5.20. The fourth-order valence-electron chi connectivity index (χ4n) is 1.80. The molecule has 0 radical (unpaired) electrons. The van der Waals surface area contributed by atoms with Crippen LogP contribution in [0.1, 0.15) is 17.2 Å². The number of hydrogen-bond acceptors (Lipinski definition) is 2. The third-order valence-corrected chi connectivity index (χ3v) is 2.75. The third kappa shape index (κ3) is 3.04. The molecular weight excluding hydrogens is 214 g/mol. The van der Waals surface area contributed by atoms with Gasteiger partial charge in [0.1, 0.15) is 0 Å². The minimum atomic E-state index is 0.0266. The molecule has 1 aromatic carbocycles. The zero-order valence-corrected chi connectivity index (χ0v) is 9.74. The minimum absolute atomic E-state index is 0.0266. The van der Waals surface area contributed by atoms with E-state index >= 15 is 0 Å². The summed E-state index contributed by atoms with van der Waals surface area (Å²) in [6.07, 6.45) is 3.81. The molecule has 17 heavy (non-hydrogen) atoms. The van der Waals surface area contributed by atoms with Crippen molar-refractivity contribution in [2.45, 2.75) is 12.5 Å². The van der Waals surface area contributed by atoms with E-state index in [1.807, 2.05) is 42.5 Å². The van der Waals surface area contributed by atoms with Gasteiger partial charge in [-0.15, -0.1) is 0 Å². The van der Waals surface area contributed by atoms with Crippen molar-refractivity contribution in [3.8, 4) is 0 Å². The van der Waals surface area contributed by atoms with Gasteiger partial charge in [-0.3, -0.25) is 0 Å². The number of hydrogen-bond donors (Lipinski definition) is 0. The van der Waals surface area contributed by atoms with Crippen LogP contribution in [0, 0.1) is 5.21 Å². The van der Waals surface area contributed by atoms with Crippen LogP contribution in [0.4, 0.5) is 0 Å².